The van der Waals surface area contributed by atoms with Crippen molar-refractivity contribution in [3.63, 3.8) is 0 Å². The molecule has 1 aromatic carbocycles. The Kier molecular flexibility index (Phi) is 7.16. The van der Waals surface area contributed by atoms with E-state index in [-0.39, 0.29) is 28.1 Å². The molecular weight excluding hydrogens is 382 g/mol. The van der Waals surface area contributed by atoms with Crippen LogP contribution in [0.4, 0.5) is 4.79 Å². The number of benzene rings is 1. The molecule has 0 aliphatic carbocycles. The number of rotatable bonds is 6. The van der Waals surface area contributed by atoms with Crippen LogP contribution in [0.3, 0.4) is 0 Å². The monoisotopic (exact) mass is 413 g/mol. The first kappa shape index (κ1) is 22.3. The van der Waals surface area contributed by atoms with E-state index in [0.29, 0.717) is 25.4 Å². The van der Waals surface area contributed by atoms with Gasteiger partial charge in [-0.15, -0.1) is 0 Å². The van der Waals surface area contributed by atoms with Crippen molar-refractivity contribution in [1.29, 1.82) is 0 Å². The minimum Gasteiger partial charge on any atom is -0.497 e. The molecule has 1 aliphatic heterocycles. The molecule has 9 heteroatoms. The van der Waals surface area contributed by atoms with Crippen LogP contribution in [0.1, 0.15) is 33.6 Å². The smallest absolute Gasteiger partial charge is 0.317 e. The molecule has 1 fully saturated rings. The number of urea groups is 1. The maximum Gasteiger partial charge on any atom is 0.317 e. The molecule has 1 heterocycles. The lowest BCUT2D eigenvalue weighted by molar-refractivity contribution is 0.163. The van der Waals surface area contributed by atoms with E-state index in [1.165, 1.54) is 20.3 Å². The van der Waals surface area contributed by atoms with Crippen LogP contribution in [-0.2, 0) is 10.0 Å². The average molecular weight is 414 g/mol. The van der Waals surface area contributed by atoms with Gasteiger partial charge in [0.05, 0.1) is 14.2 Å². The third kappa shape index (κ3) is 6.00. The quantitative estimate of drug-likeness (QED) is 0.745. The first-order valence-electron chi connectivity index (χ1n) is 9.34. The number of nitrogens with one attached hydrogen (secondary N) is 2. The minimum absolute atomic E-state index is 0.0522. The Hall–Kier alpha value is -2.00. The van der Waals surface area contributed by atoms with Gasteiger partial charge >= 0.3 is 6.03 Å². The maximum atomic E-state index is 12.7. The van der Waals surface area contributed by atoms with E-state index in [0.717, 1.165) is 12.8 Å². The molecule has 28 heavy (non-hydrogen) atoms. The molecule has 0 atom stereocenters. The summed E-state index contributed by atoms with van der Waals surface area (Å²) in [5, 5.41) is 2.95. The molecule has 0 spiro atoms. The van der Waals surface area contributed by atoms with Gasteiger partial charge in [0.25, 0.3) is 0 Å². The Morgan fingerprint density at radius 2 is 1.82 bits per heavy atom. The third-order valence-electron chi connectivity index (χ3n) is 4.61. The molecule has 0 unspecified atom stereocenters. The highest BCUT2D eigenvalue weighted by molar-refractivity contribution is 7.89. The molecule has 2 rings (SSSR count). The van der Waals surface area contributed by atoms with Crippen molar-refractivity contribution in [2.75, 3.05) is 33.9 Å². The summed E-state index contributed by atoms with van der Waals surface area (Å²) in [5.74, 6) is 0.881. The lowest BCUT2D eigenvalue weighted by atomic mass is 9.97. The normalized spacial score (nSPS) is 16.0. The van der Waals surface area contributed by atoms with E-state index in [4.69, 9.17) is 9.47 Å². The second-order valence-electron chi connectivity index (χ2n) is 7.98. The summed E-state index contributed by atoms with van der Waals surface area (Å²) in [6.45, 7) is 7.36. The van der Waals surface area contributed by atoms with E-state index in [2.05, 4.69) is 10.0 Å². The molecule has 2 N–H and O–H groups in total. The Bertz CT molecular complexity index is 781. The average Bonchev–Trinajstić information content (AvgIpc) is 2.65. The van der Waals surface area contributed by atoms with Gasteiger partial charge in [-0.2, -0.15) is 0 Å². The van der Waals surface area contributed by atoms with Gasteiger partial charge in [0.1, 0.15) is 16.4 Å². The number of nitrogens with zero attached hydrogens (tertiary/aromatic N) is 1. The second-order valence-corrected chi connectivity index (χ2v) is 9.71. The van der Waals surface area contributed by atoms with Crippen LogP contribution in [0.5, 0.6) is 11.5 Å². The van der Waals surface area contributed by atoms with Crippen molar-refractivity contribution in [3.05, 3.63) is 18.2 Å². The molecule has 8 nitrogen and oxygen atoms in total. The van der Waals surface area contributed by atoms with Crippen molar-refractivity contribution >= 4 is 16.1 Å². The highest BCUT2D eigenvalue weighted by Crippen LogP contribution is 2.28. The van der Waals surface area contributed by atoms with Gasteiger partial charge in [0.2, 0.25) is 10.0 Å². The Morgan fingerprint density at radius 1 is 1.18 bits per heavy atom. The van der Waals surface area contributed by atoms with Crippen LogP contribution in [-0.4, -0.2) is 58.7 Å². The Labute approximate surface area is 167 Å². The van der Waals surface area contributed by atoms with Crippen LogP contribution < -0.4 is 19.5 Å². The lowest BCUT2D eigenvalue weighted by Gasteiger charge is -2.34. The first-order chi connectivity index (χ1) is 13.1. The second kappa shape index (κ2) is 9.00. The summed E-state index contributed by atoms with van der Waals surface area (Å²) in [4.78, 5) is 14.1. The molecular formula is C19H31N3O5S. The molecule has 1 saturated heterocycles. The molecule has 158 valence electrons. The number of carbonyl (C=O) groups is 1. The molecule has 1 aromatic rings. The molecule has 2 amide bonds. The van der Waals surface area contributed by atoms with Gasteiger partial charge < -0.3 is 19.7 Å². The predicted molar refractivity (Wildman–Crippen MR) is 107 cm³/mol. The van der Waals surface area contributed by atoms with Gasteiger partial charge in [-0.25, -0.2) is 17.9 Å². The highest BCUT2D eigenvalue weighted by atomic mass is 32.2. The standard InChI is InChI=1S/C19H31N3O5S/c1-19(2,3)21-18(23)22-10-8-14(9-11-22)13-20-28(24,25)17-12-15(26-4)6-7-16(17)27-5/h6-7,12,14,20H,8-11,13H2,1-5H3,(H,21,23). The third-order valence-corrected chi connectivity index (χ3v) is 6.05. The van der Waals surface area contributed by atoms with Gasteiger partial charge in [-0.3, -0.25) is 0 Å². The summed E-state index contributed by atoms with van der Waals surface area (Å²) < 4.78 is 38.4. The maximum absolute atomic E-state index is 12.7. The van der Waals surface area contributed by atoms with Crippen LogP contribution in [0.25, 0.3) is 0 Å². The zero-order chi connectivity index (χ0) is 20.9. The fraction of sp³-hybridized carbons (Fsp3) is 0.632. The topological polar surface area (TPSA) is 97.0 Å². The van der Waals surface area contributed by atoms with E-state index in [1.54, 1.807) is 17.0 Å². The summed E-state index contributed by atoms with van der Waals surface area (Å²) >= 11 is 0. The van der Waals surface area contributed by atoms with Crippen LogP contribution in [0, 0.1) is 5.92 Å². The van der Waals surface area contributed by atoms with Gasteiger partial charge in [0.15, 0.2) is 0 Å². The van der Waals surface area contributed by atoms with E-state index >= 15 is 0 Å². The number of methoxy groups -OCH3 is 2. The number of piperidine rings is 1. The van der Waals surface area contributed by atoms with E-state index in [9.17, 15) is 13.2 Å². The zero-order valence-electron chi connectivity index (χ0n) is 17.2. The minimum atomic E-state index is -3.74. The van der Waals surface area contributed by atoms with E-state index < -0.39 is 10.0 Å². The number of sulfonamides is 1. The number of amides is 2. The summed E-state index contributed by atoms with van der Waals surface area (Å²) in [6.07, 6.45) is 1.49. The fourth-order valence-electron chi connectivity index (χ4n) is 3.04. The predicted octanol–water partition coefficient (Wildman–Crippen LogP) is 2.20. The molecule has 0 bridgehead atoms. The van der Waals surface area contributed by atoms with Crippen LogP contribution in [0.15, 0.2) is 23.1 Å². The largest absolute Gasteiger partial charge is 0.497 e. The van der Waals surface area contributed by atoms with Crippen molar-refractivity contribution in [3.8, 4) is 11.5 Å². The van der Waals surface area contributed by atoms with Crippen molar-refractivity contribution in [1.82, 2.24) is 14.9 Å². The summed E-state index contributed by atoms with van der Waals surface area (Å²) in [6, 6.07) is 4.59. The highest BCUT2D eigenvalue weighted by Gasteiger charge is 2.27. The lowest BCUT2D eigenvalue weighted by Crippen LogP contribution is -2.51. The molecule has 0 radical (unpaired) electrons. The summed E-state index contributed by atoms with van der Waals surface area (Å²) in [5.41, 5.74) is -0.278. The SMILES string of the molecule is COc1ccc(OC)c(S(=O)(=O)NCC2CCN(C(=O)NC(C)(C)C)CC2)c1. The molecule has 0 aromatic heterocycles. The van der Waals surface area contributed by atoms with Gasteiger partial charge in [0, 0.05) is 31.2 Å². The Morgan fingerprint density at radius 3 is 2.36 bits per heavy atom. The number of likely N-dealkylation sites (tertiary alicyclic amines) is 1. The molecule has 0 saturated carbocycles. The van der Waals surface area contributed by atoms with Gasteiger partial charge in [-0.1, -0.05) is 0 Å². The number of hydrogen-bond acceptors (Lipinski definition) is 5. The Balaban J connectivity index is 1.94. The molecule has 1 aliphatic rings. The van der Waals surface area contributed by atoms with Crippen molar-refractivity contribution in [2.45, 2.75) is 44.0 Å². The number of carbonyl (C=O) groups excluding carboxylic acids is 1. The first-order valence-corrected chi connectivity index (χ1v) is 10.8. The van der Waals surface area contributed by atoms with Crippen molar-refractivity contribution < 1.29 is 22.7 Å². The van der Waals surface area contributed by atoms with Crippen LogP contribution in [0.2, 0.25) is 0 Å². The van der Waals surface area contributed by atoms with Crippen LogP contribution >= 0.6 is 0 Å². The number of hydrogen-bond donors (Lipinski definition) is 2. The zero-order valence-corrected chi connectivity index (χ0v) is 18.1. The van der Waals surface area contributed by atoms with Gasteiger partial charge in [-0.05, 0) is 51.7 Å². The van der Waals surface area contributed by atoms with Crippen molar-refractivity contribution in [2.24, 2.45) is 5.92 Å². The number of ether oxygens (including phenoxy) is 2. The fourth-order valence-corrected chi connectivity index (χ4v) is 4.34. The van der Waals surface area contributed by atoms with E-state index in [1.807, 2.05) is 20.8 Å². The summed E-state index contributed by atoms with van der Waals surface area (Å²) in [7, 11) is -0.826.